The van der Waals surface area contributed by atoms with Crippen LogP contribution in [-0.4, -0.2) is 16.4 Å². The molecular formula is C23H21N3O3. The van der Waals surface area contributed by atoms with Gasteiger partial charge in [0.05, 0.1) is 6.54 Å². The van der Waals surface area contributed by atoms with Crippen LogP contribution >= 0.6 is 0 Å². The van der Waals surface area contributed by atoms with E-state index < -0.39 is 0 Å². The minimum Gasteiger partial charge on any atom is -0.326 e. The molecule has 2 amide bonds. The summed E-state index contributed by atoms with van der Waals surface area (Å²) in [6.45, 7) is 1.93. The Labute approximate surface area is 168 Å². The summed E-state index contributed by atoms with van der Waals surface area (Å²) in [5, 5.41) is 5.49. The molecule has 0 spiro atoms. The van der Waals surface area contributed by atoms with Crippen molar-refractivity contribution >= 4 is 29.3 Å². The molecule has 0 aliphatic heterocycles. The van der Waals surface area contributed by atoms with Gasteiger partial charge in [-0.2, -0.15) is 0 Å². The van der Waals surface area contributed by atoms with Crippen molar-refractivity contribution in [2.45, 2.75) is 13.5 Å². The second kappa shape index (κ2) is 9.32. The summed E-state index contributed by atoms with van der Waals surface area (Å²) in [5.41, 5.74) is 3.13. The van der Waals surface area contributed by atoms with Crippen molar-refractivity contribution in [1.82, 2.24) is 4.57 Å². The highest BCUT2D eigenvalue weighted by Crippen LogP contribution is 2.12. The standard InChI is InChI=1S/C23H21N3O3/c1-17(27)24-20-10-5-18(6-11-20)9-14-22(28)25-21-12-7-19(8-13-21)16-26-15-3-2-4-23(26)29/h2-15H,16H2,1H3,(H,24,27)(H,25,28)/b14-9+. The van der Waals surface area contributed by atoms with Crippen molar-refractivity contribution in [3.63, 3.8) is 0 Å². The zero-order valence-electron chi connectivity index (χ0n) is 16.0. The third kappa shape index (κ3) is 6.04. The molecule has 2 aromatic carbocycles. The lowest BCUT2D eigenvalue weighted by Gasteiger charge is -2.07. The zero-order valence-corrected chi connectivity index (χ0v) is 16.0. The average molecular weight is 387 g/mol. The van der Waals surface area contributed by atoms with Gasteiger partial charge in [-0.25, -0.2) is 0 Å². The van der Waals surface area contributed by atoms with E-state index in [1.165, 1.54) is 19.1 Å². The normalized spacial score (nSPS) is 10.7. The van der Waals surface area contributed by atoms with Crippen LogP contribution in [0.1, 0.15) is 18.1 Å². The van der Waals surface area contributed by atoms with Crippen LogP contribution in [0.2, 0.25) is 0 Å². The zero-order chi connectivity index (χ0) is 20.6. The number of hydrogen-bond donors (Lipinski definition) is 2. The first kappa shape index (κ1) is 19.8. The van der Waals surface area contributed by atoms with Crippen LogP contribution in [0, 0.1) is 0 Å². The highest BCUT2D eigenvalue weighted by molar-refractivity contribution is 6.02. The van der Waals surface area contributed by atoms with Crippen LogP contribution in [0.25, 0.3) is 6.08 Å². The Morgan fingerprint density at radius 1 is 0.897 bits per heavy atom. The topological polar surface area (TPSA) is 80.2 Å². The van der Waals surface area contributed by atoms with Gasteiger partial charge in [-0.05, 0) is 47.5 Å². The molecule has 0 atom stereocenters. The van der Waals surface area contributed by atoms with Crippen molar-refractivity contribution in [3.05, 3.63) is 100 Å². The molecule has 6 heteroatoms. The Balaban J connectivity index is 1.56. The van der Waals surface area contributed by atoms with Crippen molar-refractivity contribution in [2.24, 2.45) is 0 Å². The lowest BCUT2D eigenvalue weighted by atomic mass is 10.2. The molecule has 29 heavy (non-hydrogen) atoms. The second-order valence-corrected chi connectivity index (χ2v) is 6.49. The largest absolute Gasteiger partial charge is 0.326 e. The highest BCUT2D eigenvalue weighted by atomic mass is 16.2. The Kier molecular flexibility index (Phi) is 6.37. The van der Waals surface area contributed by atoms with Crippen LogP contribution in [0.4, 0.5) is 11.4 Å². The summed E-state index contributed by atoms with van der Waals surface area (Å²) in [6.07, 6.45) is 4.89. The summed E-state index contributed by atoms with van der Waals surface area (Å²) < 4.78 is 1.62. The SMILES string of the molecule is CC(=O)Nc1ccc(/C=C/C(=O)Nc2ccc(Cn3ccccc3=O)cc2)cc1. The first-order chi connectivity index (χ1) is 14.0. The number of carbonyl (C=O) groups is 2. The van der Waals surface area contributed by atoms with Crippen molar-refractivity contribution < 1.29 is 9.59 Å². The predicted octanol–water partition coefficient (Wildman–Crippen LogP) is 3.51. The fourth-order valence-corrected chi connectivity index (χ4v) is 2.72. The van der Waals surface area contributed by atoms with Crippen LogP contribution < -0.4 is 16.2 Å². The average Bonchev–Trinajstić information content (AvgIpc) is 2.70. The monoisotopic (exact) mass is 387 g/mol. The molecule has 0 aliphatic rings. The molecule has 0 radical (unpaired) electrons. The number of anilines is 2. The number of pyridine rings is 1. The quantitative estimate of drug-likeness (QED) is 0.635. The number of hydrogen-bond acceptors (Lipinski definition) is 3. The van der Waals surface area contributed by atoms with E-state index in [0.29, 0.717) is 17.9 Å². The number of benzene rings is 2. The molecule has 0 saturated carbocycles. The van der Waals surface area contributed by atoms with Gasteiger partial charge >= 0.3 is 0 Å². The van der Waals surface area contributed by atoms with E-state index in [2.05, 4.69) is 10.6 Å². The minimum atomic E-state index is -0.247. The molecule has 3 aromatic rings. The molecule has 0 fully saturated rings. The first-order valence-electron chi connectivity index (χ1n) is 9.11. The van der Waals surface area contributed by atoms with E-state index in [1.807, 2.05) is 30.3 Å². The summed E-state index contributed by atoms with van der Waals surface area (Å²) in [7, 11) is 0. The summed E-state index contributed by atoms with van der Waals surface area (Å²) in [4.78, 5) is 34.9. The van der Waals surface area contributed by atoms with Gasteiger partial charge < -0.3 is 15.2 Å². The summed E-state index contributed by atoms with van der Waals surface area (Å²) in [5.74, 6) is -0.377. The van der Waals surface area contributed by atoms with Crippen LogP contribution in [0.3, 0.4) is 0 Å². The number of amides is 2. The molecular weight excluding hydrogens is 366 g/mol. The molecule has 1 heterocycles. The smallest absolute Gasteiger partial charge is 0.250 e. The molecule has 146 valence electrons. The van der Waals surface area contributed by atoms with E-state index >= 15 is 0 Å². The number of aromatic nitrogens is 1. The van der Waals surface area contributed by atoms with Crippen LogP contribution in [0.15, 0.2) is 83.8 Å². The van der Waals surface area contributed by atoms with Crippen molar-refractivity contribution in [3.8, 4) is 0 Å². The Morgan fingerprint density at radius 2 is 1.55 bits per heavy atom. The highest BCUT2D eigenvalue weighted by Gasteiger charge is 2.01. The van der Waals surface area contributed by atoms with Crippen molar-refractivity contribution in [2.75, 3.05) is 10.6 Å². The molecule has 0 unspecified atom stereocenters. The molecule has 3 rings (SSSR count). The van der Waals surface area contributed by atoms with E-state index in [0.717, 1.165) is 11.1 Å². The lowest BCUT2D eigenvalue weighted by molar-refractivity contribution is -0.114. The third-order valence-electron chi connectivity index (χ3n) is 4.13. The second-order valence-electron chi connectivity index (χ2n) is 6.49. The maximum atomic E-state index is 12.1. The number of nitrogens with one attached hydrogen (secondary N) is 2. The van der Waals surface area contributed by atoms with Gasteiger partial charge in [0.1, 0.15) is 0 Å². The van der Waals surface area contributed by atoms with Gasteiger partial charge in [0.2, 0.25) is 11.8 Å². The Morgan fingerprint density at radius 3 is 2.21 bits per heavy atom. The lowest BCUT2D eigenvalue weighted by Crippen LogP contribution is -2.18. The molecule has 0 aliphatic carbocycles. The fraction of sp³-hybridized carbons (Fsp3) is 0.0870. The van der Waals surface area contributed by atoms with E-state index in [-0.39, 0.29) is 17.4 Å². The van der Waals surface area contributed by atoms with Gasteiger partial charge in [-0.15, -0.1) is 0 Å². The van der Waals surface area contributed by atoms with Gasteiger partial charge in [0.25, 0.3) is 5.56 Å². The number of carbonyl (C=O) groups excluding carboxylic acids is 2. The molecule has 2 N–H and O–H groups in total. The van der Waals surface area contributed by atoms with E-state index in [9.17, 15) is 14.4 Å². The third-order valence-corrected chi connectivity index (χ3v) is 4.13. The van der Waals surface area contributed by atoms with Gasteiger partial charge in [-0.1, -0.05) is 30.3 Å². The van der Waals surface area contributed by atoms with Crippen LogP contribution in [-0.2, 0) is 16.1 Å². The maximum Gasteiger partial charge on any atom is 0.250 e. The summed E-state index contributed by atoms with van der Waals surface area (Å²) >= 11 is 0. The molecule has 0 bridgehead atoms. The number of rotatable bonds is 6. The molecule has 6 nitrogen and oxygen atoms in total. The minimum absolute atomic E-state index is 0.0554. The Hall–Kier alpha value is -3.93. The summed E-state index contributed by atoms with van der Waals surface area (Å²) in [6, 6.07) is 19.6. The van der Waals surface area contributed by atoms with Gasteiger partial charge in [0, 0.05) is 36.6 Å². The fourth-order valence-electron chi connectivity index (χ4n) is 2.72. The van der Waals surface area contributed by atoms with E-state index in [1.54, 1.807) is 47.2 Å². The first-order valence-corrected chi connectivity index (χ1v) is 9.11. The van der Waals surface area contributed by atoms with Gasteiger partial charge in [0.15, 0.2) is 0 Å². The Bertz CT molecular complexity index is 1080. The molecule has 0 saturated heterocycles. The molecule has 1 aromatic heterocycles. The number of nitrogens with zero attached hydrogens (tertiary/aromatic N) is 1. The van der Waals surface area contributed by atoms with Gasteiger partial charge in [-0.3, -0.25) is 14.4 Å². The van der Waals surface area contributed by atoms with Crippen LogP contribution in [0.5, 0.6) is 0 Å². The maximum absolute atomic E-state index is 12.1. The van der Waals surface area contributed by atoms with Crippen molar-refractivity contribution in [1.29, 1.82) is 0 Å². The van der Waals surface area contributed by atoms with E-state index in [4.69, 9.17) is 0 Å². The predicted molar refractivity (Wildman–Crippen MR) is 115 cm³/mol.